The van der Waals surface area contributed by atoms with Crippen molar-refractivity contribution in [2.45, 2.75) is 24.8 Å². The third-order valence-corrected chi connectivity index (χ3v) is 4.33. The van der Waals surface area contributed by atoms with Gasteiger partial charge < -0.3 is 10.6 Å². The zero-order valence-electron chi connectivity index (χ0n) is 14.4. The van der Waals surface area contributed by atoms with Gasteiger partial charge in [0.05, 0.1) is 0 Å². The van der Waals surface area contributed by atoms with E-state index in [1.54, 1.807) is 18.8 Å². The maximum Gasteiger partial charge on any atom is 0.191 e. The summed E-state index contributed by atoms with van der Waals surface area (Å²) >= 11 is 1.78. The lowest BCUT2D eigenvalue weighted by atomic mass is 10.1. The van der Waals surface area contributed by atoms with E-state index in [-0.39, 0.29) is 24.0 Å². The molecule has 2 aromatic rings. The molecule has 4 nitrogen and oxygen atoms in total. The molecular weight excluding hydrogens is 431 g/mol. The number of aromatic nitrogens is 1. The Bertz CT molecular complexity index is 647. The molecule has 0 unspecified atom stereocenters. The van der Waals surface area contributed by atoms with Gasteiger partial charge in [-0.1, -0.05) is 18.2 Å². The van der Waals surface area contributed by atoms with Crippen molar-refractivity contribution in [2.75, 3.05) is 19.8 Å². The largest absolute Gasteiger partial charge is 0.356 e. The number of aryl methyl sites for hydroxylation is 1. The van der Waals surface area contributed by atoms with Crippen LogP contribution < -0.4 is 10.6 Å². The van der Waals surface area contributed by atoms with Crippen LogP contribution >= 0.6 is 35.7 Å². The summed E-state index contributed by atoms with van der Waals surface area (Å²) in [6.45, 7) is 3.69. The lowest BCUT2D eigenvalue weighted by Crippen LogP contribution is -2.38. The molecule has 1 aromatic heterocycles. The number of guanidine groups is 1. The second-order valence-corrected chi connectivity index (χ2v) is 6.09. The summed E-state index contributed by atoms with van der Waals surface area (Å²) < 4.78 is 0. The number of benzene rings is 1. The average molecular weight is 456 g/mol. The van der Waals surface area contributed by atoms with Crippen molar-refractivity contribution in [2.24, 2.45) is 4.99 Å². The quantitative estimate of drug-likeness (QED) is 0.302. The lowest BCUT2D eigenvalue weighted by Gasteiger charge is -2.14. The van der Waals surface area contributed by atoms with E-state index in [1.165, 1.54) is 16.0 Å². The number of pyridine rings is 1. The molecule has 0 saturated carbocycles. The van der Waals surface area contributed by atoms with Crippen LogP contribution in [0.1, 0.15) is 16.8 Å². The highest BCUT2D eigenvalue weighted by molar-refractivity contribution is 14.0. The van der Waals surface area contributed by atoms with Crippen molar-refractivity contribution in [3.8, 4) is 0 Å². The number of aliphatic imine (C=N–C) groups is 1. The van der Waals surface area contributed by atoms with Crippen LogP contribution in [0.2, 0.25) is 0 Å². The lowest BCUT2D eigenvalue weighted by molar-refractivity contribution is 0.779. The van der Waals surface area contributed by atoms with Gasteiger partial charge >= 0.3 is 0 Å². The summed E-state index contributed by atoms with van der Waals surface area (Å²) in [5.74, 6) is 0.813. The first-order valence-corrected chi connectivity index (χ1v) is 8.93. The first-order valence-electron chi connectivity index (χ1n) is 7.71. The predicted octanol–water partition coefficient (Wildman–Crippen LogP) is 3.64. The van der Waals surface area contributed by atoms with E-state index in [0.717, 1.165) is 31.2 Å². The van der Waals surface area contributed by atoms with Gasteiger partial charge in [-0.2, -0.15) is 0 Å². The van der Waals surface area contributed by atoms with Crippen molar-refractivity contribution in [3.05, 3.63) is 59.4 Å². The third-order valence-electron chi connectivity index (χ3n) is 3.51. The zero-order chi connectivity index (χ0) is 16.5. The van der Waals surface area contributed by atoms with Crippen molar-refractivity contribution >= 4 is 41.7 Å². The number of halogens is 1. The van der Waals surface area contributed by atoms with E-state index >= 15 is 0 Å². The monoisotopic (exact) mass is 456 g/mol. The van der Waals surface area contributed by atoms with E-state index in [2.05, 4.69) is 52.0 Å². The molecule has 2 N–H and O–H groups in total. The van der Waals surface area contributed by atoms with Crippen LogP contribution in [0.15, 0.2) is 52.5 Å². The normalized spacial score (nSPS) is 10.9. The smallest absolute Gasteiger partial charge is 0.191 e. The molecule has 24 heavy (non-hydrogen) atoms. The summed E-state index contributed by atoms with van der Waals surface area (Å²) in [4.78, 5) is 9.90. The van der Waals surface area contributed by atoms with Gasteiger partial charge in [-0.15, -0.1) is 35.7 Å². The topological polar surface area (TPSA) is 49.3 Å². The first-order chi connectivity index (χ1) is 11.2. The average Bonchev–Trinajstić information content (AvgIpc) is 2.59. The highest BCUT2D eigenvalue weighted by Gasteiger charge is 2.04. The molecular formula is C18H25IN4S. The summed E-state index contributed by atoms with van der Waals surface area (Å²) in [6.07, 6.45) is 4.81. The van der Waals surface area contributed by atoms with Crippen LogP contribution in [-0.4, -0.2) is 30.8 Å². The first kappa shape index (κ1) is 20.8. The number of hydrogen-bond acceptors (Lipinski definition) is 3. The summed E-state index contributed by atoms with van der Waals surface area (Å²) in [7, 11) is 1.79. The predicted molar refractivity (Wildman–Crippen MR) is 115 cm³/mol. The second kappa shape index (κ2) is 11.3. The van der Waals surface area contributed by atoms with Crippen molar-refractivity contribution in [3.63, 3.8) is 0 Å². The fraction of sp³-hybridized carbons (Fsp3) is 0.333. The molecule has 0 fully saturated rings. The molecule has 1 heterocycles. The zero-order valence-corrected chi connectivity index (χ0v) is 17.5. The summed E-state index contributed by atoms with van der Waals surface area (Å²) in [5.41, 5.74) is 3.66. The van der Waals surface area contributed by atoms with Crippen molar-refractivity contribution in [1.82, 2.24) is 15.6 Å². The minimum absolute atomic E-state index is 0. The Morgan fingerprint density at radius 3 is 2.71 bits per heavy atom. The van der Waals surface area contributed by atoms with E-state index in [0.29, 0.717) is 0 Å². The van der Waals surface area contributed by atoms with Crippen LogP contribution in [0, 0.1) is 6.92 Å². The minimum atomic E-state index is 0. The van der Waals surface area contributed by atoms with Gasteiger partial charge in [0.25, 0.3) is 0 Å². The van der Waals surface area contributed by atoms with E-state index < -0.39 is 0 Å². The molecule has 0 bridgehead atoms. The molecule has 0 aliphatic heterocycles. The van der Waals surface area contributed by atoms with E-state index in [9.17, 15) is 0 Å². The van der Waals surface area contributed by atoms with Gasteiger partial charge in [0.1, 0.15) is 0 Å². The van der Waals surface area contributed by atoms with Gasteiger partial charge in [-0.05, 0) is 42.5 Å². The van der Waals surface area contributed by atoms with Crippen LogP contribution in [0.3, 0.4) is 0 Å². The molecule has 0 spiro atoms. The van der Waals surface area contributed by atoms with Gasteiger partial charge in [-0.25, -0.2) is 0 Å². The SMILES string of the molecule is CN=C(NCCc1ccccn1)NCc1ccc(C)cc1SC.I. The Hall–Kier alpha value is -1.28. The van der Waals surface area contributed by atoms with E-state index in [4.69, 9.17) is 0 Å². The molecule has 6 heteroatoms. The van der Waals surface area contributed by atoms with Gasteiger partial charge in [0.2, 0.25) is 0 Å². The highest BCUT2D eigenvalue weighted by atomic mass is 127. The van der Waals surface area contributed by atoms with Crippen molar-refractivity contribution in [1.29, 1.82) is 0 Å². The molecule has 0 amide bonds. The number of hydrogen-bond donors (Lipinski definition) is 2. The van der Waals surface area contributed by atoms with Crippen LogP contribution in [0.25, 0.3) is 0 Å². The molecule has 130 valence electrons. The number of thioether (sulfide) groups is 1. The van der Waals surface area contributed by atoms with Gasteiger partial charge in [-0.3, -0.25) is 9.98 Å². The van der Waals surface area contributed by atoms with Crippen molar-refractivity contribution < 1.29 is 0 Å². The third kappa shape index (κ3) is 6.68. The Balaban J connectivity index is 0.00000288. The van der Waals surface area contributed by atoms with Crippen LogP contribution in [0.4, 0.5) is 0 Å². The maximum atomic E-state index is 4.32. The summed E-state index contributed by atoms with van der Waals surface area (Å²) in [6, 6.07) is 12.5. The molecule has 2 rings (SSSR count). The number of nitrogens with one attached hydrogen (secondary N) is 2. The maximum absolute atomic E-state index is 4.32. The highest BCUT2D eigenvalue weighted by Crippen LogP contribution is 2.21. The molecule has 0 aliphatic rings. The standard InChI is InChI=1S/C18H24N4S.HI/c1-14-7-8-15(17(12-14)23-3)13-22-18(19-2)21-11-9-16-6-4-5-10-20-16;/h4-8,10,12H,9,11,13H2,1-3H3,(H2,19,21,22);1H. The Kier molecular flexibility index (Phi) is 9.78. The van der Waals surface area contributed by atoms with Gasteiger partial charge in [0, 0.05) is 43.3 Å². The minimum Gasteiger partial charge on any atom is -0.356 e. The van der Waals surface area contributed by atoms with E-state index in [1.807, 2.05) is 24.4 Å². The number of rotatable bonds is 6. The second-order valence-electron chi connectivity index (χ2n) is 5.24. The molecule has 0 radical (unpaired) electrons. The molecule has 1 aromatic carbocycles. The fourth-order valence-electron chi connectivity index (χ4n) is 2.25. The Labute approximate surface area is 166 Å². The molecule has 0 aliphatic carbocycles. The Morgan fingerprint density at radius 1 is 1.21 bits per heavy atom. The summed E-state index contributed by atoms with van der Waals surface area (Å²) in [5, 5.41) is 6.70. The molecule has 0 saturated heterocycles. The Morgan fingerprint density at radius 2 is 2.04 bits per heavy atom. The fourth-order valence-corrected chi connectivity index (χ4v) is 2.96. The molecule has 0 atom stereocenters. The van der Waals surface area contributed by atoms with Crippen LogP contribution in [0.5, 0.6) is 0 Å². The number of nitrogens with zero attached hydrogens (tertiary/aromatic N) is 2. The van der Waals surface area contributed by atoms with Crippen LogP contribution in [-0.2, 0) is 13.0 Å². The van der Waals surface area contributed by atoms with Gasteiger partial charge in [0.15, 0.2) is 5.96 Å².